The van der Waals surface area contributed by atoms with Gasteiger partial charge in [0.1, 0.15) is 5.75 Å². The van der Waals surface area contributed by atoms with Crippen LogP contribution in [0.3, 0.4) is 0 Å². The molecule has 3 aromatic rings. The number of carbonyl (C=O) groups is 1. The topological polar surface area (TPSA) is 80.6 Å². The summed E-state index contributed by atoms with van der Waals surface area (Å²) in [6.45, 7) is 1.82. The summed E-state index contributed by atoms with van der Waals surface area (Å²) in [5.41, 5.74) is 7.56. The molecular weight excluding hydrogens is 230 g/mol. The maximum Gasteiger partial charge on any atom is 0.252 e. The Hall–Kier alpha value is -2.56. The second-order valence-electron chi connectivity index (χ2n) is 4.21. The molecule has 18 heavy (non-hydrogen) atoms. The number of nitrogens with two attached hydrogens (primary N) is 1. The number of aromatic nitrogens is 2. The van der Waals surface area contributed by atoms with Crippen LogP contribution < -0.4 is 5.73 Å². The Labute approximate surface area is 102 Å². The number of amides is 1. The van der Waals surface area contributed by atoms with Crippen molar-refractivity contribution < 1.29 is 9.90 Å². The molecular formula is C13H11N3O2. The molecule has 90 valence electrons. The maximum absolute atomic E-state index is 11.5. The van der Waals surface area contributed by atoms with Crippen LogP contribution in [-0.4, -0.2) is 20.4 Å². The van der Waals surface area contributed by atoms with Crippen LogP contribution in [0.25, 0.3) is 16.6 Å². The van der Waals surface area contributed by atoms with Crippen molar-refractivity contribution in [1.29, 1.82) is 0 Å². The van der Waals surface area contributed by atoms with E-state index in [-0.39, 0.29) is 5.75 Å². The van der Waals surface area contributed by atoms with Gasteiger partial charge in [-0.3, -0.25) is 9.20 Å². The van der Waals surface area contributed by atoms with E-state index in [1.54, 1.807) is 28.8 Å². The fourth-order valence-electron chi connectivity index (χ4n) is 2.19. The molecule has 2 heterocycles. The zero-order valence-corrected chi connectivity index (χ0v) is 9.71. The molecule has 0 aliphatic heterocycles. The van der Waals surface area contributed by atoms with E-state index >= 15 is 0 Å². The largest absolute Gasteiger partial charge is 0.506 e. The fraction of sp³-hybridized carbons (Fsp3) is 0.0769. The third-order valence-corrected chi connectivity index (χ3v) is 2.92. The summed E-state index contributed by atoms with van der Waals surface area (Å²) in [7, 11) is 0. The van der Waals surface area contributed by atoms with E-state index in [2.05, 4.69) is 4.98 Å². The standard InChI is InChI=1S/C13H11N3O2/c1-7-6-16-11-8(3-2-4-10(11)17)5-9(12(14)18)13(16)15-7/h2-6,17H,1H3,(H2,14,18). The molecule has 3 N–H and O–H groups in total. The molecule has 0 fully saturated rings. The van der Waals surface area contributed by atoms with Gasteiger partial charge in [-0.1, -0.05) is 12.1 Å². The smallest absolute Gasteiger partial charge is 0.252 e. The number of nitrogens with zero attached hydrogens (tertiary/aromatic N) is 2. The van der Waals surface area contributed by atoms with Crippen LogP contribution in [0.4, 0.5) is 0 Å². The zero-order valence-electron chi connectivity index (χ0n) is 9.71. The van der Waals surface area contributed by atoms with Crippen molar-refractivity contribution in [3.8, 4) is 5.75 Å². The highest BCUT2D eigenvalue weighted by Gasteiger charge is 2.14. The second-order valence-corrected chi connectivity index (χ2v) is 4.21. The Balaban J connectivity index is 2.61. The first kappa shape index (κ1) is 10.6. The number of hydrogen-bond acceptors (Lipinski definition) is 3. The van der Waals surface area contributed by atoms with Crippen molar-refractivity contribution in [2.75, 3.05) is 0 Å². The Kier molecular flexibility index (Phi) is 2.04. The predicted molar refractivity (Wildman–Crippen MR) is 67.6 cm³/mol. The third-order valence-electron chi connectivity index (χ3n) is 2.92. The number of benzene rings is 1. The van der Waals surface area contributed by atoms with E-state index in [0.29, 0.717) is 16.7 Å². The second kappa shape index (κ2) is 3.46. The van der Waals surface area contributed by atoms with Gasteiger partial charge in [0, 0.05) is 11.6 Å². The first-order valence-corrected chi connectivity index (χ1v) is 5.48. The highest BCUT2D eigenvalue weighted by atomic mass is 16.3. The molecule has 0 spiro atoms. The summed E-state index contributed by atoms with van der Waals surface area (Å²) in [4.78, 5) is 15.7. The van der Waals surface area contributed by atoms with Gasteiger partial charge in [-0.15, -0.1) is 0 Å². The summed E-state index contributed by atoms with van der Waals surface area (Å²) in [5, 5.41) is 10.7. The van der Waals surface area contributed by atoms with E-state index in [1.165, 1.54) is 0 Å². The minimum Gasteiger partial charge on any atom is -0.506 e. The lowest BCUT2D eigenvalue weighted by Gasteiger charge is -2.07. The summed E-state index contributed by atoms with van der Waals surface area (Å²) in [6.07, 6.45) is 1.77. The predicted octanol–water partition coefficient (Wildman–Crippen LogP) is 1.60. The molecule has 3 rings (SSSR count). The lowest BCUT2D eigenvalue weighted by molar-refractivity contribution is 0.100. The third kappa shape index (κ3) is 1.34. The first-order valence-electron chi connectivity index (χ1n) is 5.48. The van der Waals surface area contributed by atoms with Crippen molar-refractivity contribution >= 4 is 22.5 Å². The number of aromatic hydroxyl groups is 1. The number of carbonyl (C=O) groups excluding carboxylic acids is 1. The number of rotatable bonds is 1. The molecule has 2 aromatic heterocycles. The van der Waals surface area contributed by atoms with Gasteiger partial charge in [-0.25, -0.2) is 4.98 Å². The van der Waals surface area contributed by atoms with Crippen LogP contribution in [-0.2, 0) is 0 Å². The number of fused-ring (bicyclic) bond motifs is 3. The molecule has 0 aliphatic rings. The van der Waals surface area contributed by atoms with Crippen molar-refractivity contribution in [3.63, 3.8) is 0 Å². The number of phenolic OH excluding ortho intramolecular Hbond substituents is 1. The lowest BCUT2D eigenvalue weighted by atomic mass is 10.1. The lowest BCUT2D eigenvalue weighted by Crippen LogP contribution is -2.13. The van der Waals surface area contributed by atoms with E-state index in [9.17, 15) is 9.90 Å². The van der Waals surface area contributed by atoms with Crippen LogP contribution in [0.2, 0.25) is 0 Å². The van der Waals surface area contributed by atoms with Crippen LogP contribution in [0.1, 0.15) is 16.1 Å². The molecule has 1 aromatic carbocycles. The number of imidazole rings is 1. The van der Waals surface area contributed by atoms with E-state index in [0.717, 1.165) is 11.1 Å². The van der Waals surface area contributed by atoms with Gasteiger partial charge in [0.25, 0.3) is 5.91 Å². The van der Waals surface area contributed by atoms with Gasteiger partial charge < -0.3 is 10.8 Å². The van der Waals surface area contributed by atoms with Crippen LogP contribution >= 0.6 is 0 Å². The molecule has 0 atom stereocenters. The van der Waals surface area contributed by atoms with Gasteiger partial charge in [0.2, 0.25) is 0 Å². The minimum absolute atomic E-state index is 0.144. The summed E-state index contributed by atoms with van der Waals surface area (Å²) in [6, 6.07) is 6.79. The Bertz CT molecular complexity index is 790. The van der Waals surface area contributed by atoms with Crippen molar-refractivity contribution in [2.45, 2.75) is 6.92 Å². The maximum atomic E-state index is 11.5. The molecule has 0 saturated carbocycles. The monoisotopic (exact) mass is 241 g/mol. The average Bonchev–Trinajstić information content (AvgIpc) is 2.68. The number of pyridine rings is 1. The fourth-order valence-corrected chi connectivity index (χ4v) is 2.19. The molecule has 0 bridgehead atoms. The molecule has 0 unspecified atom stereocenters. The highest BCUT2D eigenvalue weighted by Crippen LogP contribution is 2.27. The summed E-state index contributed by atoms with van der Waals surface area (Å²) < 4.78 is 1.69. The van der Waals surface area contributed by atoms with Crippen molar-refractivity contribution in [3.05, 3.63) is 41.7 Å². The first-order chi connectivity index (χ1) is 8.58. The molecule has 1 amide bonds. The summed E-state index contributed by atoms with van der Waals surface area (Å²) >= 11 is 0. The zero-order chi connectivity index (χ0) is 12.9. The van der Waals surface area contributed by atoms with Gasteiger partial charge in [-0.05, 0) is 19.1 Å². The van der Waals surface area contributed by atoms with Gasteiger partial charge in [-0.2, -0.15) is 0 Å². The minimum atomic E-state index is -0.532. The number of primary amides is 1. The number of phenols is 1. The SMILES string of the molecule is Cc1cn2c(n1)c(C(N)=O)cc1cccc(O)c12. The number of aryl methyl sites for hydroxylation is 1. The van der Waals surface area contributed by atoms with Crippen molar-refractivity contribution in [1.82, 2.24) is 9.38 Å². The molecule has 5 heteroatoms. The van der Waals surface area contributed by atoms with E-state index in [1.807, 2.05) is 13.0 Å². The molecule has 5 nitrogen and oxygen atoms in total. The summed E-state index contributed by atoms with van der Waals surface area (Å²) in [5.74, 6) is -0.387. The van der Waals surface area contributed by atoms with Gasteiger partial charge >= 0.3 is 0 Å². The van der Waals surface area contributed by atoms with Crippen LogP contribution in [0, 0.1) is 6.92 Å². The average molecular weight is 241 g/mol. The normalized spacial score (nSPS) is 11.2. The Morgan fingerprint density at radius 2 is 2.22 bits per heavy atom. The van der Waals surface area contributed by atoms with Crippen molar-refractivity contribution in [2.24, 2.45) is 5.73 Å². The van der Waals surface area contributed by atoms with E-state index < -0.39 is 5.91 Å². The number of hydrogen-bond donors (Lipinski definition) is 2. The highest BCUT2D eigenvalue weighted by molar-refractivity contribution is 6.03. The van der Waals surface area contributed by atoms with Crippen LogP contribution in [0.15, 0.2) is 30.5 Å². The Morgan fingerprint density at radius 3 is 2.94 bits per heavy atom. The van der Waals surface area contributed by atoms with Crippen LogP contribution in [0.5, 0.6) is 5.75 Å². The molecule has 0 radical (unpaired) electrons. The van der Waals surface area contributed by atoms with Gasteiger partial charge in [0.15, 0.2) is 5.65 Å². The van der Waals surface area contributed by atoms with E-state index in [4.69, 9.17) is 5.73 Å². The quantitative estimate of drug-likeness (QED) is 0.679. The molecule has 0 aliphatic carbocycles. The Morgan fingerprint density at radius 1 is 1.44 bits per heavy atom. The number of para-hydroxylation sites is 1. The van der Waals surface area contributed by atoms with Gasteiger partial charge in [0.05, 0.1) is 16.8 Å². The molecule has 0 saturated heterocycles.